The van der Waals surface area contributed by atoms with E-state index in [1.54, 1.807) is 36.4 Å². The summed E-state index contributed by atoms with van der Waals surface area (Å²) in [6, 6.07) is 11.4. The lowest BCUT2D eigenvalue weighted by Gasteiger charge is -2.03. The molecule has 0 fully saturated rings. The van der Waals surface area contributed by atoms with Gasteiger partial charge in [0.25, 0.3) is 0 Å². The lowest BCUT2D eigenvalue weighted by atomic mass is 10.2. The number of hydrogen-bond donors (Lipinski definition) is 1. The van der Waals surface area contributed by atoms with Crippen molar-refractivity contribution in [1.82, 2.24) is 9.97 Å². The van der Waals surface area contributed by atoms with Gasteiger partial charge in [-0.05, 0) is 35.9 Å². The number of carbonyl (C=O) groups is 1. The number of esters is 1. The maximum absolute atomic E-state index is 12.1. The maximum atomic E-state index is 12.1. The first-order valence-electron chi connectivity index (χ1n) is 7.37. The Kier molecular flexibility index (Phi) is 4.74. The van der Waals surface area contributed by atoms with Crippen LogP contribution in [0.3, 0.4) is 0 Å². The van der Waals surface area contributed by atoms with Gasteiger partial charge in [-0.1, -0.05) is 24.3 Å². The van der Waals surface area contributed by atoms with E-state index < -0.39 is 12.6 Å². The summed E-state index contributed by atoms with van der Waals surface area (Å²) < 4.78 is 33.3. The smallest absolute Gasteiger partial charge is 0.387 e. The number of imidazole rings is 1. The molecule has 0 bridgehead atoms. The zero-order valence-corrected chi connectivity index (χ0v) is 13.2. The molecule has 0 saturated heterocycles. The van der Waals surface area contributed by atoms with Crippen LogP contribution in [-0.4, -0.2) is 29.7 Å². The highest BCUT2D eigenvalue weighted by Gasteiger charge is 2.13. The number of alkyl halides is 2. The Labute approximate surface area is 141 Å². The van der Waals surface area contributed by atoms with Gasteiger partial charge in [-0.25, -0.2) is 9.78 Å². The summed E-state index contributed by atoms with van der Waals surface area (Å²) in [6.45, 7) is -2.85. The fourth-order valence-corrected chi connectivity index (χ4v) is 2.34. The number of fused-ring (bicyclic) bond motifs is 1. The summed E-state index contributed by atoms with van der Waals surface area (Å²) in [5, 5.41) is 0. The van der Waals surface area contributed by atoms with E-state index in [4.69, 9.17) is 4.74 Å². The Bertz CT molecular complexity index is 918. The molecule has 3 rings (SSSR count). The van der Waals surface area contributed by atoms with Gasteiger partial charge in [-0.3, -0.25) is 0 Å². The lowest BCUT2D eigenvalue weighted by Crippen LogP contribution is -2.01. The molecular formula is C18H14F2N2O3. The van der Waals surface area contributed by atoms with E-state index in [9.17, 15) is 13.6 Å². The molecule has 128 valence electrons. The zero-order chi connectivity index (χ0) is 17.8. The largest absolute Gasteiger partial charge is 0.465 e. The van der Waals surface area contributed by atoms with E-state index in [1.807, 2.05) is 6.07 Å². The average Bonchev–Trinajstić information content (AvgIpc) is 3.03. The van der Waals surface area contributed by atoms with Gasteiger partial charge < -0.3 is 14.5 Å². The zero-order valence-electron chi connectivity index (χ0n) is 13.2. The van der Waals surface area contributed by atoms with Gasteiger partial charge in [0.2, 0.25) is 0 Å². The van der Waals surface area contributed by atoms with Crippen molar-refractivity contribution in [2.24, 2.45) is 0 Å². The van der Waals surface area contributed by atoms with Crippen LogP contribution < -0.4 is 4.74 Å². The average molecular weight is 344 g/mol. The third kappa shape index (κ3) is 3.82. The third-order valence-electron chi connectivity index (χ3n) is 3.48. The van der Waals surface area contributed by atoms with E-state index in [0.29, 0.717) is 22.4 Å². The molecule has 3 aromatic rings. The van der Waals surface area contributed by atoms with Gasteiger partial charge in [0.15, 0.2) is 0 Å². The van der Waals surface area contributed by atoms with Gasteiger partial charge in [0.1, 0.15) is 17.1 Å². The van der Waals surface area contributed by atoms with Crippen molar-refractivity contribution in [3.8, 4) is 5.75 Å². The molecule has 1 aromatic heterocycles. The van der Waals surface area contributed by atoms with Gasteiger partial charge in [-0.2, -0.15) is 8.78 Å². The molecule has 25 heavy (non-hydrogen) atoms. The number of aromatic nitrogens is 2. The molecule has 0 atom stereocenters. The van der Waals surface area contributed by atoms with Crippen LogP contribution in [-0.2, 0) is 4.74 Å². The van der Waals surface area contributed by atoms with Crippen molar-refractivity contribution in [3.05, 3.63) is 59.4 Å². The second-order valence-electron chi connectivity index (χ2n) is 5.10. The second kappa shape index (κ2) is 7.12. The summed E-state index contributed by atoms with van der Waals surface area (Å²) in [5.74, 6) is 0.195. The SMILES string of the molecule is COC(=O)c1cccc2[nH]c(/C=C/c3ccc(OC(F)F)cc3)nc12. The topological polar surface area (TPSA) is 64.2 Å². The van der Waals surface area contributed by atoms with Crippen LogP contribution in [0.2, 0.25) is 0 Å². The van der Waals surface area contributed by atoms with E-state index in [2.05, 4.69) is 14.7 Å². The number of nitrogens with one attached hydrogen (secondary N) is 1. The van der Waals surface area contributed by atoms with Gasteiger partial charge >= 0.3 is 12.6 Å². The Morgan fingerprint density at radius 2 is 1.92 bits per heavy atom. The van der Waals surface area contributed by atoms with Crippen molar-refractivity contribution >= 4 is 29.2 Å². The second-order valence-corrected chi connectivity index (χ2v) is 5.10. The standard InChI is InChI=1S/C18H14F2N2O3/c1-24-17(23)13-3-2-4-14-16(13)22-15(21-14)10-7-11-5-8-12(9-6-11)25-18(19)20/h2-10,18H,1H3,(H,21,22)/b10-7+. The van der Waals surface area contributed by atoms with Crippen LogP contribution in [0, 0.1) is 0 Å². The minimum absolute atomic E-state index is 0.0959. The molecule has 0 aliphatic carbocycles. The number of benzene rings is 2. The molecule has 7 heteroatoms. The highest BCUT2D eigenvalue weighted by atomic mass is 19.3. The number of hydrogen-bond acceptors (Lipinski definition) is 4. The van der Waals surface area contributed by atoms with E-state index in [1.165, 1.54) is 19.2 Å². The van der Waals surface area contributed by atoms with E-state index in [0.717, 1.165) is 5.56 Å². The predicted octanol–water partition coefficient (Wildman–Crippen LogP) is 4.12. The number of aromatic amines is 1. The molecule has 0 radical (unpaired) electrons. The Balaban J connectivity index is 1.83. The first kappa shape index (κ1) is 16.6. The molecule has 1 N–H and O–H groups in total. The number of nitrogens with zero attached hydrogens (tertiary/aromatic N) is 1. The van der Waals surface area contributed by atoms with Gasteiger partial charge in [-0.15, -0.1) is 0 Å². The van der Waals surface area contributed by atoms with Crippen molar-refractivity contribution in [2.45, 2.75) is 6.61 Å². The van der Waals surface area contributed by atoms with Crippen molar-refractivity contribution < 1.29 is 23.0 Å². The minimum Gasteiger partial charge on any atom is -0.465 e. The van der Waals surface area contributed by atoms with Crippen LogP contribution in [0.4, 0.5) is 8.78 Å². The molecule has 0 unspecified atom stereocenters. The quantitative estimate of drug-likeness (QED) is 0.707. The molecule has 5 nitrogen and oxygen atoms in total. The highest BCUT2D eigenvalue weighted by molar-refractivity contribution is 6.02. The van der Waals surface area contributed by atoms with Crippen molar-refractivity contribution in [1.29, 1.82) is 0 Å². The molecule has 1 heterocycles. The number of ether oxygens (including phenoxy) is 2. The number of methoxy groups -OCH3 is 1. The number of H-pyrrole nitrogens is 1. The summed E-state index contributed by atoms with van der Waals surface area (Å²) in [7, 11) is 1.32. The first-order valence-corrected chi connectivity index (χ1v) is 7.37. The molecule has 0 amide bonds. The number of para-hydroxylation sites is 1. The van der Waals surface area contributed by atoms with Crippen LogP contribution >= 0.6 is 0 Å². The van der Waals surface area contributed by atoms with Crippen molar-refractivity contribution in [3.63, 3.8) is 0 Å². The van der Waals surface area contributed by atoms with E-state index in [-0.39, 0.29) is 5.75 Å². The summed E-state index contributed by atoms with van der Waals surface area (Å²) in [4.78, 5) is 19.2. The molecule has 0 aliphatic heterocycles. The summed E-state index contributed by atoms with van der Waals surface area (Å²) >= 11 is 0. The Hall–Kier alpha value is -3.22. The Morgan fingerprint density at radius 1 is 1.16 bits per heavy atom. The molecule has 2 aromatic carbocycles. The fourth-order valence-electron chi connectivity index (χ4n) is 2.34. The predicted molar refractivity (Wildman–Crippen MR) is 89.4 cm³/mol. The monoisotopic (exact) mass is 344 g/mol. The minimum atomic E-state index is -2.85. The van der Waals surface area contributed by atoms with Crippen molar-refractivity contribution in [2.75, 3.05) is 7.11 Å². The van der Waals surface area contributed by atoms with Crippen LogP contribution in [0.15, 0.2) is 42.5 Å². The molecular weight excluding hydrogens is 330 g/mol. The fraction of sp³-hybridized carbons (Fsp3) is 0.111. The van der Waals surface area contributed by atoms with Gasteiger partial charge in [0, 0.05) is 0 Å². The van der Waals surface area contributed by atoms with Crippen LogP contribution in [0.1, 0.15) is 21.7 Å². The third-order valence-corrected chi connectivity index (χ3v) is 3.48. The normalized spacial score (nSPS) is 11.4. The maximum Gasteiger partial charge on any atom is 0.387 e. The number of halogens is 2. The molecule has 0 saturated carbocycles. The molecule has 0 spiro atoms. The summed E-state index contributed by atoms with van der Waals surface area (Å²) in [5.41, 5.74) is 2.40. The molecule has 0 aliphatic rings. The lowest BCUT2D eigenvalue weighted by molar-refractivity contribution is -0.0498. The first-order chi connectivity index (χ1) is 12.1. The highest BCUT2D eigenvalue weighted by Crippen LogP contribution is 2.19. The number of rotatable bonds is 5. The van der Waals surface area contributed by atoms with Gasteiger partial charge in [0.05, 0.1) is 18.2 Å². The van der Waals surface area contributed by atoms with E-state index >= 15 is 0 Å². The summed E-state index contributed by atoms with van der Waals surface area (Å²) in [6.07, 6.45) is 3.49. The number of carbonyl (C=O) groups excluding carboxylic acids is 1. The van der Waals surface area contributed by atoms with Crippen LogP contribution in [0.25, 0.3) is 23.2 Å². The Morgan fingerprint density at radius 3 is 2.60 bits per heavy atom. The van der Waals surface area contributed by atoms with Crippen LogP contribution in [0.5, 0.6) is 5.75 Å².